The average Bonchev–Trinajstić information content (AvgIpc) is 2.93. The third-order valence-corrected chi connectivity index (χ3v) is 3.67. The van der Waals surface area contributed by atoms with E-state index < -0.39 is 0 Å². The molecule has 0 radical (unpaired) electrons. The largest absolute Gasteiger partial charge is 0.369 e. The number of nitrogens with one attached hydrogen (secondary N) is 1. The van der Waals surface area contributed by atoms with E-state index in [1.54, 1.807) is 11.3 Å². The number of H-pyrrole nitrogens is 1. The zero-order valence-electron chi connectivity index (χ0n) is 9.67. The van der Waals surface area contributed by atoms with Crippen LogP contribution >= 0.6 is 11.3 Å². The van der Waals surface area contributed by atoms with Gasteiger partial charge in [-0.05, 0) is 19.1 Å². The minimum absolute atomic E-state index is 0.186. The molecule has 3 heterocycles. The molecule has 0 aliphatic heterocycles. The van der Waals surface area contributed by atoms with Gasteiger partial charge in [-0.3, -0.25) is 9.36 Å². The summed E-state index contributed by atoms with van der Waals surface area (Å²) in [7, 11) is 0. The molecule has 0 atom stereocenters. The van der Waals surface area contributed by atoms with Gasteiger partial charge in [0.1, 0.15) is 0 Å². The number of aryl methyl sites for hydroxylation is 1. The highest BCUT2D eigenvalue weighted by atomic mass is 32.1. The summed E-state index contributed by atoms with van der Waals surface area (Å²) < 4.78 is 1.45. The smallest absolute Gasteiger partial charge is 0.281 e. The lowest BCUT2D eigenvalue weighted by Gasteiger charge is -2.06. The number of nitrogen functional groups attached to an aromatic ring is 1. The standard InChI is InChI=1S/C11H11N5OS/c1-6-2-3-7(18-6)4-16-10(17)8-9(14-5-13-8)15-11(16)12/h2-3,5H,4H2,1H3,(H2,12,15)(H,13,14). The Morgan fingerprint density at radius 2 is 2.33 bits per heavy atom. The van der Waals surface area contributed by atoms with E-state index in [0.717, 1.165) is 4.88 Å². The number of hydrogen-bond donors (Lipinski definition) is 2. The van der Waals surface area contributed by atoms with Crippen molar-refractivity contribution in [3.05, 3.63) is 38.6 Å². The molecule has 0 aliphatic carbocycles. The molecule has 6 nitrogen and oxygen atoms in total. The molecule has 0 saturated heterocycles. The molecule has 0 spiro atoms. The highest BCUT2D eigenvalue weighted by molar-refractivity contribution is 7.11. The van der Waals surface area contributed by atoms with Crippen LogP contribution in [0.5, 0.6) is 0 Å². The van der Waals surface area contributed by atoms with E-state index in [1.807, 2.05) is 19.1 Å². The first kappa shape index (κ1) is 11.0. The van der Waals surface area contributed by atoms with Gasteiger partial charge >= 0.3 is 0 Å². The van der Waals surface area contributed by atoms with E-state index >= 15 is 0 Å². The molecule has 0 fully saturated rings. The molecule has 7 heteroatoms. The van der Waals surface area contributed by atoms with E-state index in [2.05, 4.69) is 15.0 Å². The van der Waals surface area contributed by atoms with Crippen molar-refractivity contribution in [2.75, 3.05) is 5.73 Å². The number of fused-ring (bicyclic) bond motifs is 1. The Hall–Kier alpha value is -2.15. The Morgan fingerprint density at radius 3 is 3.06 bits per heavy atom. The van der Waals surface area contributed by atoms with Gasteiger partial charge in [0, 0.05) is 9.75 Å². The lowest BCUT2D eigenvalue weighted by Crippen LogP contribution is -2.24. The Morgan fingerprint density at radius 1 is 1.50 bits per heavy atom. The topological polar surface area (TPSA) is 89.6 Å². The quantitative estimate of drug-likeness (QED) is 0.723. The molecule has 3 aromatic heterocycles. The summed E-state index contributed by atoms with van der Waals surface area (Å²) in [5, 5.41) is 0. The van der Waals surface area contributed by atoms with Crippen molar-refractivity contribution in [2.24, 2.45) is 0 Å². The Kier molecular flexibility index (Phi) is 2.41. The fourth-order valence-corrected chi connectivity index (χ4v) is 2.70. The van der Waals surface area contributed by atoms with Crippen LogP contribution in [0.15, 0.2) is 23.3 Å². The summed E-state index contributed by atoms with van der Waals surface area (Å²) in [5.41, 5.74) is 6.35. The summed E-state index contributed by atoms with van der Waals surface area (Å²) in [6.07, 6.45) is 1.44. The average molecular weight is 261 g/mol. The van der Waals surface area contributed by atoms with Gasteiger partial charge in [0.05, 0.1) is 12.9 Å². The van der Waals surface area contributed by atoms with Gasteiger partial charge in [0.25, 0.3) is 5.56 Å². The zero-order valence-corrected chi connectivity index (χ0v) is 10.5. The number of hydrogen-bond acceptors (Lipinski definition) is 5. The van der Waals surface area contributed by atoms with Gasteiger partial charge < -0.3 is 10.7 Å². The second kappa shape index (κ2) is 3.95. The van der Waals surface area contributed by atoms with Crippen molar-refractivity contribution in [1.29, 1.82) is 0 Å². The number of nitrogens with zero attached hydrogens (tertiary/aromatic N) is 3. The van der Waals surface area contributed by atoms with E-state index in [1.165, 1.54) is 15.8 Å². The van der Waals surface area contributed by atoms with Crippen LogP contribution in [0, 0.1) is 6.92 Å². The normalized spacial score (nSPS) is 11.2. The second-order valence-corrected chi connectivity index (χ2v) is 5.35. The van der Waals surface area contributed by atoms with Gasteiger partial charge in [-0.25, -0.2) is 4.98 Å². The number of rotatable bonds is 2. The molecule has 0 aliphatic rings. The fourth-order valence-electron chi connectivity index (χ4n) is 1.82. The third-order valence-electron chi connectivity index (χ3n) is 2.69. The maximum Gasteiger partial charge on any atom is 0.281 e. The van der Waals surface area contributed by atoms with Crippen LogP contribution in [-0.2, 0) is 6.54 Å². The monoisotopic (exact) mass is 261 g/mol. The van der Waals surface area contributed by atoms with Gasteiger partial charge in [-0.2, -0.15) is 4.98 Å². The lowest BCUT2D eigenvalue weighted by atomic mass is 10.4. The molecular formula is C11H11N5OS. The molecule has 92 valence electrons. The molecule has 0 saturated carbocycles. The minimum Gasteiger partial charge on any atom is -0.369 e. The van der Waals surface area contributed by atoms with E-state index in [4.69, 9.17) is 5.73 Å². The summed E-state index contributed by atoms with van der Waals surface area (Å²) in [6, 6.07) is 4.01. The summed E-state index contributed by atoms with van der Waals surface area (Å²) in [4.78, 5) is 25.3. The molecule has 3 rings (SSSR count). The maximum absolute atomic E-state index is 12.2. The summed E-state index contributed by atoms with van der Waals surface area (Å²) in [5.74, 6) is 0.186. The number of aromatic amines is 1. The van der Waals surface area contributed by atoms with Gasteiger partial charge in [0.15, 0.2) is 11.2 Å². The van der Waals surface area contributed by atoms with Crippen molar-refractivity contribution in [1.82, 2.24) is 19.5 Å². The number of nitrogens with two attached hydrogens (primary N) is 1. The Balaban J connectivity index is 2.13. The minimum atomic E-state index is -0.193. The van der Waals surface area contributed by atoms with E-state index in [-0.39, 0.29) is 11.5 Å². The van der Waals surface area contributed by atoms with Gasteiger partial charge in [0.2, 0.25) is 5.95 Å². The predicted molar refractivity (Wildman–Crippen MR) is 70.7 cm³/mol. The number of anilines is 1. The number of imidazole rings is 1. The van der Waals surface area contributed by atoms with Crippen LogP contribution in [0.25, 0.3) is 11.2 Å². The summed E-state index contributed by atoms with van der Waals surface area (Å²) in [6.45, 7) is 2.46. The van der Waals surface area contributed by atoms with Gasteiger partial charge in [-0.1, -0.05) is 0 Å². The van der Waals surface area contributed by atoms with E-state index in [0.29, 0.717) is 17.7 Å². The molecule has 18 heavy (non-hydrogen) atoms. The first-order valence-corrected chi connectivity index (χ1v) is 6.21. The van der Waals surface area contributed by atoms with Crippen LogP contribution in [0.2, 0.25) is 0 Å². The van der Waals surface area contributed by atoms with Crippen LogP contribution in [0.4, 0.5) is 5.95 Å². The SMILES string of the molecule is Cc1ccc(Cn2c(N)nc3nc[nH]c3c2=O)s1. The Bertz CT molecular complexity index is 769. The number of thiophene rings is 1. The highest BCUT2D eigenvalue weighted by Gasteiger charge is 2.11. The van der Waals surface area contributed by atoms with Crippen molar-refractivity contribution in [3.8, 4) is 0 Å². The zero-order chi connectivity index (χ0) is 12.7. The first-order chi connectivity index (χ1) is 8.65. The second-order valence-electron chi connectivity index (χ2n) is 3.97. The molecule has 0 amide bonds. The first-order valence-electron chi connectivity index (χ1n) is 5.40. The fraction of sp³-hybridized carbons (Fsp3) is 0.182. The molecule has 3 aromatic rings. The molecule has 0 bridgehead atoms. The van der Waals surface area contributed by atoms with Crippen LogP contribution in [-0.4, -0.2) is 19.5 Å². The summed E-state index contributed by atoms with van der Waals surface area (Å²) >= 11 is 1.64. The van der Waals surface area contributed by atoms with Crippen molar-refractivity contribution in [2.45, 2.75) is 13.5 Å². The van der Waals surface area contributed by atoms with Crippen LogP contribution < -0.4 is 11.3 Å². The molecule has 0 aromatic carbocycles. The third kappa shape index (κ3) is 1.68. The van der Waals surface area contributed by atoms with Crippen molar-refractivity contribution >= 4 is 28.4 Å². The van der Waals surface area contributed by atoms with Crippen LogP contribution in [0.1, 0.15) is 9.75 Å². The highest BCUT2D eigenvalue weighted by Crippen LogP contribution is 2.17. The lowest BCUT2D eigenvalue weighted by molar-refractivity contribution is 0.772. The maximum atomic E-state index is 12.2. The number of aromatic nitrogens is 4. The molecule has 0 unspecified atom stereocenters. The molecular weight excluding hydrogens is 250 g/mol. The Labute approximate surface area is 106 Å². The van der Waals surface area contributed by atoms with Crippen molar-refractivity contribution in [3.63, 3.8) is 0 Å². The predicted octanol–water partition coefficient (Wildman–Crippen LogP) is 1.12. The van der Waals surface area contributed by atoms with Crippen LogP contribution in [0.3, 0.4) is 0 Å². The van der Waals surface area contributed by atoms with Gasteiger partial charge in [-0.15, -0.1) is 11.3 Å². The molecule has 3 N–H and O–H groups in total. The van der Waals surface area contributed by atoms with Crippen molar-refractivity contribution < 1.29 is 0 Å². The van der Waals surface area contributed by atoms with E-state index in [9.17, 15) is 4.79 Å².